The average Bonchev–Trinajstić information content (AvgIpc) is 3.03. The molecule has 4 heteroatoms. The third-order valence-corrected chi connectivity index (χ3v) is 6.21. The van der Waals surface area contributed by atoms with Crippen LogP contribution in [0.15, 0.2) is 12.1 Å². The molecule has 114 valence electrons. The molecular formula is C17H21Cl2NO. The van der Waals surface area contributed by atoms with E-state index in [1.807, 2.05) is 19.1 Å². The molecule has 2 aliphatic carbocycles. The molecule has 1 atom stereocenters. The summed E-state index contributed by atoms with van der Waals surface area (Å²) in [7, 11) is 0. The maximum atomic E-state index is 11.8. The van der Waals surface area contributed by atoms with Crippen LogP contribution in [-0.4, -0.2) is 5.91 Å². The van der Waals surface area contributed by atoms with Crippen LogP contribution in [0.4, 0.5) is 0 Å². The van der Waals surface area contributed by atoms with E-state index in [2.05, 4.69) is 5.32 Å². The molecular weight excluding hydrogens is 305 g/mol. The Morgan fingerprint density at radius 1 is 1.33 bits per heavy atom. The predicted molar refractivity (Wildman–Crippen MR) is 86.8 cm³/mol. The molecule has 1 aromatic carbocycles. The Kier molecular flexibility index (Phi) is 3.96. The molecule has 1 amide bonds. The van der Waals surface area contributed by atoms with E-state index < -0.39 is 0 Å². The van der Waals surface area contributed by atoms with Crippen molar-refractivity contribution < 1.29 is 4.79 Å². The van der Waals surface area contributed by atoms with Crippen LogP contribution in [-0.2, 0) is 4.79 Å². The van der Waals surface area contributed by atoms with Crippen molar-refractivity contribution in [2.45, 2.75) is 52.0 Å². The van der Waals surface area contributed by atoms with E-state index in [1.54, 1.807) is 6.92 Å². The number of aryl methyl sites for hydroxylation is 1. The van der Waals surface area contributed by atoms with E-state index in [0.717, 1.165) is 17.0 Å². The molecule has 0 spiro atoms. The van der Waals surface area contributed by atoms with Gasteiger partial charge in [-0.1, -0.05) is 29.3 Å². The number of nitrogens with one attached hydrogen (secondary N) is 1. The second kappa shape index (κ2) is 5.48. The highest BCUT2D eigenvalue weighted by Crippen LogP contribution is 2.61. The van der Waals surface area contributed by atoms with E-state index in [9.17, 15) is 4.79 Å². The van der Waals surface area contributed by atoms with Crippen LogP contribution >= 0.6 is 23.2 Å². The summed E-state index contributed by atoms with van der Waals surface area (Å²) in [5.41, 5.74) is 2.28. The highest BCUT2D eigenvalue weighted by atomic mass is 35.5. The van der Waals surface area contributed by atoms with Crippen molar-refractivity contribution in [3.63, 3.8) is 0 Å². The first kappa shape index (κ1) is 15.2. The molecule has 3 rings (SSSR count). The van der Waals surface area contributed by atoms with E-state index in [4.69, 9.17) is 23.2 Å². The van der Waals surface area contributed by atoms with Gasteiger partial charge in [-0.2, -0.15) is 0 Å². The van der Waals surface area contributed by atoms with Crippen LogP contribution in [0.25, 0.3) is 0 Å². The summed E-state index contributed by atoms with van der Waals surface area (Å²) >= 11 is 12.7. The molecule has 0 aliphatic heterocycles. The molecule has 1 aromatic rings. The lowest BCUT2D eigenvalue weighted by molar-refractivity contribution is -0.120. The van der Waals surface area contributed by atoms with Crippen molar-refractivity contribution in [1.82, 2.24) is 5.32 Å². The Bertz CT molecular complexity index is 576. The Morgan fingerprint density at radius 3 is 2.52 bits per heavy atom. The number of amides is 1. The molecule has 0 radical (unpaired) electrons. The van der Waals surface area contributed by atoms with Crippen molar-refractivity contribution in [3.05, 3.63) is 33.3 Å². The van der Waals surface area contributed by atoms with Crippen molar-refractivity contribution in [2.75, 3.05) is 0 Å². The second-order valence-electron chi connectivity index (χ2n) is 6.74. The topological polar surface area (TPSA) is 29.1 Å². The molecule has 0 saturated heterocycles. The van der Waals surface area contributed by atoms with Gasteiger partial charge < -0.3 is 5.32 Å². The molecule has 0 aromatic heterocycles. The first-order chi connectivity index (χ1) is 9.93. The summed E-state index contributed by atoms with van der Waals surface area (Å²) in [5.74, 6) is 0.819. The van der Waals surface area contributed by atoms with Crippen LogP contribution in [0, 0.1) is 18.3 Å². The number of carbonyl (C=O) groups is 1. The number of hydrogen-bond donors (Lipinski definition) is 1. The molecule has 2 bridgehead atoms. The minimum absolute atomic E-state index is 0.000155. The standard InChI is InChI=1S/C17H21Cl2NO/c1-10-3-4-13(18)15(19)14(10)16(20-11(2)21)17-7-5-12(9-17)6-8-17/h3-4,12,16H,5-9H2,1-2H3,(H,20,21)/t12?,16-,17?/m1/s1. The predicted octanol–water partition coefficient (Wildman–Crippen LogP) is 5.06. The quantitative estimate of drug-likeness (QED) is 0.826. The molecule has 2 nitrogen and oxygen atoms in total. The van der Waals surface area contributed by atoms with Gasteiger partial charge in [0.1, 0.15) is 0 Å². The van der Waals surface area contributed by atoms with Crippen LogP contribution in [0.1, 0.15) is 56.2 Å². The fraction of sp³-hybridized carbons (Fsp3) is 0.588. The van der Waals surface area contributed by atoms with Gasteiger partial charge in [0.05, 0.1) is 16.1 Å². The van der Waals surface area contributed by atoms with Crippen molar-refractivity contribution in [1.29, 1.82) is 0 Å². The Labute approximate surface area is 136 Å². The van der Waals surface area contributed by atoms with Gasteiger partial charge in [0, 0.05) is 6.92 Å². The Hall–Kier alpha value is -0.730. The fourth-order valence-corrected chi connectivity index (χ4v) is 4.88. The lowest BCUT2D eigenvalue weighted by Crippen LogP contribution is -2.38. The molecule has 21 heavy (non-hydrogen) atoms. The van der Waals surface area contributed by atoms with Crippen molar-refractivity contribution in [2.24, 2.45) is 11.3 Å². The van der Waals surface area contributed by atoms with Crippen LogP contribution < -0.4 is 5.32 Å². The molecule has 2 aliphatic rings. The summed E-state index contributed by atoms with van der Waals surface area (Å²) in [6.07, 6.45) is 6.08. The number of rotatable bonds is 3. The van der Waals surface area contributed by atoms with Gasteiger partial charge in [-0.15, -0.1) is 0 Å². The van der Waals surface area contributed by atoms with Gasteiger partial charge in [0.15, 0.2) is 0 Å². The minimum Gasteiger partial charge on any atom is -0.349 e. The largest absolute Gasteiger partial charge is 0.349 e. The zero-order valence-corrected chi connectivity index (χ0v) is 14.0. The number of halogens is 2. The first-order valence-corrected chi connectivity index (χ1v) is 8.40. The zero-order chi connectivity index (χ0) is 15.2. The molecule has 2 fully saturated rings. The van der Waals surface area contributed by atoms with E-state index in [1.165, 1.54) is 32.1 Å². The summed E-state index contributed by atoms with van der Waals surface area (Å²) in [5, 5.41) is 4.35. The van der Waals surface area contributed by atoms with E-state index in [0.29, 0.717) is 10.0 Å². The van der Waals surface area contributed by atoms with E-state index >= 15 is 0 Å². The van der Waals surface area contributed by atoms with Crippen LogP contribution in [0.5, 0.6) is 0 Å². The molecule has 2 saturated carbocycles. The fourth-order valence-electron chi connectivity index (χ4n) is 4.39. The summed E-state index contributed by atoms with van der Waals surface area (Å²) in [6, 6.07) is 3.81. The normalized spacial score (nSPS) is 28.7. The van der Waals surface area contributed by atoms with Gasteiger partial charge >= 0.3 is 0 Å². The number of fused-ring (bicyclic) bond motifs is 2. The van der Waals surface area contributed by atoms with Crippen molar-refractivity contribution >= 4 is 29.1 Å². The zero-order valence-electron chi connectivity index (χ0n) is 12.5. The summed E-state index contributed by atoms with van der Waals surface area (Å²) < 4.78 is 0. The smallest absolute Gasteiger partial charge is 0.217 e. The number of carbonyl (C=O) groups excluding carboxylic acids is 1. The maximum Gasteiger partial charge on any atom is 0.217 e. The highest BCUT2D eigenvalue weighted by molar-refractivity contribution is 6.42. The number of hydrogen-bond acceptors (Lipinski definition) is 1. The second-order valence-corrected chi connectivity index (χ2v) is 7.52. The SMILES string of the molecule is CC(=O)N[C@H](c1c(C)ccc(Cl)c1Cl)C12CCC(CC1)C2. The minimum atomic E-state index is -0.0197. The first-order valence-electron chi connectivity index (χ1n) is 7.64. The number of benzene rings is 1. The average molecular weight is 326 g/mol. The summed E-state index contributed by atoms with van der Waals surface area (Å²) in [4.78, 5) is 11.8. The molecule has 0 heterocycles. The van der Waals surface area contributed by atoms with Crippen LogP contribution in [0.2, 0.25) is 10.0 Å². The van der Waals surface area contributed by atoms with Gasteiger partial charge in [0.25, 0.3) is 0 Å². The lowest BCUT2D eigenvalue weighted by atomic mass is 9.73. The van der Waals surface area contributed by atoms with Gasteiger partial charge in [0.2, 0.25) is 5.91 Å². The highest BCUT2D eigenvalue weighted by Gasteiger charge is 2.51. The van der Waals surface area contributed by atoms with Gasteiger partial charge in [-0.05, 0) is 67.6 Å². The third kappa shape index (κ3) is 2.57. The maximum absolute atomic E-state index is 11.8. The van der Waals surface area contributed by atoms with E-state index in [-0.39, 0.29) is 17.4 Å². The lowest BCUT2D eigenvalue weighted by Gasteiger charge is -2.38. The van der Waals surface area contributed by atoms with Gasteiger partial charge in [-0.3, -0.25) is 4.79 Å². The Balaban J connectivity index is 2.08. The summed E-state index contributed by atoms with van der Waals surface area (Å²) in [6.45, 7) is 3.63. The third-order valence-electron chi connectivity index (χ3n) is 5.40. The molecule has 0 unspecified atom stereocenters. The monoisotopic (exact) mass is 325 g/mol. The van der Waals surface area contributed by atoms with Crippen molar-refractivity contribution in [3.8, 4) is 0 Å². The van der Waals surface area contributed by atoms with Crippen LogP contribution in [0.3, 0.4) is 0 Å². The molecule has 1 N–H and O–H groups in total. The Morgan fingerprint density at radius 2 is 2.00 bits per heavy atom. The van der Waals surface area contributed by atoms with Gasteiger partial charge in [-0.25, -0.2) is 0 Å².